The molecule has 1 aliphatic rings. The Labute approximate surface area is 112 Å². The Bertz CT molecular complexity index is 572. The van der Waals surface area contributed by atoms with Crippen LogP contribution in [-0.4, -0.2) is 12.8 Å². The first kappa shape index (κ1) is 12.2. The number of nitrogens with one attached hydrogen (secondary N) is 1. The molecule has 19 heavy (non-hydrogen) atoms. The third-order valence-electron chi connectivity index (χ3n) is 2.68. The molecule has 2 aromatic rings. The summed E-state index contributed by atoms with van der Waals surface area (Å²) in [6, 6.07) is 8.75. The molecule has 2 heterocycles. The molecule has 1 aromatic carbocycles. The van der Waals surface area contributed by atoms with Crippen molar-refractivity contribution in [3.05, 3.63) is 40.6 Å². The van der Waals surface area contributed by atoms with Gasteiger partial charge in [-0.05, 0) is 30.0 Å². The molecule has 3 nitrogen and oxygen atoms in total. The Balaban J connectivity index is 1.61. The van der Waals surface area contributed by atoms with Crippen molar-refractivity contribution < 1.29 is 18.3 Å². The highest BCUT2D eigenvalue weighted by Crippen LogP contribution is 2.42. The lowest BCUT2D eigenvalue weighted by atomic mass is 10.2. The molecule has 1 aliphatic heterocycles. The zero-order valence-electron chi connectivity index (χ0n) is 9.86. The highest BCUT2D eigenvalue weighted by Gasteiger charge is 2.43. The van der Waals surface area contributed by atoms with Crippen LogP contribution in [0.5, 0.6) is 11.5 Å². The van der Waals surface area contributed by atoms with E-state index in [9.17, 15) is 8.78 Å². The standard InChI is InChI=1S/C13H11F2NO2S/c14-13(15)17-11-4-3-9(8-12(11)18-13)16-6-5-10-2-1-7-19-10/h1-4,7-8,16H,5-6H2. The summed E-state index contributed by atoms with van der Waals surface area (Å²) in [5.74, 6) is 0.125. The fourth-order valence-electron chi connectivity index (χ4n) is 1.84. The molecule has 1 N–H and O–H groups in total. The second kappa shape index (κ2) is 4.70. The Morgan fingerprint density at radius 3 is 2.79 bits per heavy atom. The minimum absolute atomic E-state index is 0.0612. The van der Waals surface area contributed by atoms with Gasteiger partial charge >= 0.3 is 6.29 Å². The minimum Gasteiger partial charge on any atom is -0.395 e. The first-order chi connectivity index (χ1) is 9.12. The van der Waals surface area contributed by atoms with Gasteiger partial charge in [-0.1, -0.05) is 6.07 Å². The van der Waals surface area contributed by atoms with E-state index in [2.05, 4.69) is 20.9 Å². The predicted octanol–water partition coefficient (Wildman–Crippen LogP) is 3.72. The van der Waals surface area contributed by atoms with E-state index in [0.717, 1.165) is 18.7 Å². The normalized spacial score (nSPS) is 15.5. The van der Waals surface area contributed by atoms with Crippen molar-refractivity contribution in [1.29, 1.82) is 0 Å². The van der Waals surface area contributed by atoms with Crippen LogP contribution in [0.15, 0.2) is 35.7 Å². The van der Waals surface area contributed by atoms with Gasteiger partial charge in [0.05, 0.1) is 0 Å². The summed E-state index contributed by atoms with van der Waals surface area (Å²) in [5, 5.41) is 5.19. The second-order valence-corrected chi connectivity index (χ2v) is 5.12. The fraction of sp³-hybridized carbons (Fsp3) is 0.231. The summed E-state index contributed by atoms with van der Waals surface area (Å²) in [6.45, 7) is 0.733. The van der Waals surface area contributed by atoms with Gasteiger partial charge in [0.1, 0.15) is 0 Å². The van der Waals surface area contributed by atoms with Crippen LogP contribution in [0.25, 0.3) is 0 Å². The maximum atomic E-state index is 12.8. The molecule has 0 fully saturated rings. The Hall–Kier alpha value is -1.82. The Morgan fingerprint density at radius 1 is 1.16 bits per heavy atom. The van der Waals surface area contributed by atoms with Crippen LogP contribution in [0.4, 0.5) is 14.5 Å². The summed E-state index contributed by atoms with van der Waals surface area (Å²) in [6.07, 6.45) is -2.67. The van der Waals surface area contributed by atoms with Crippen LogP contribution in [0.1, 0.15) is 4.88 Å². The third kappa shape index (κ3) is 2.78. The molecule has 1 aromatic heterocycles. The summed E-state index contributed by atoms with van der Waals surface area (Å²) >= 11 is 1.69. The van der Waals surface area contributed by atoms with E-state index >= 15 is 0 Å². The molecule has 0 radical (unpaired) electrons. The number of rotatable bonds is 4. The molecule has 0 saturated carbocycles. The van der Waals surface area contributed by atoms with Gasteiger partial charge in [0, 0.05) is 23.2 Å². The predicted molar refractivity (Wildman–Crippen MR) is 69.2 cm³/mol. The zero-order valence-corrected chi connectivity index (χ0v) is 10.7. The van der Waals surface area contributed by atoms with Gasteiger partial charge in [-0.2, -0.15) is 0 Å². The van der Waals surface area contributed by atoms with Crippen LogP contribution >= 0.6 is 11.3 Å². The van der Waals surface area contributed by atoms with Gasteiger partial charge in [-0.25, -0.2) is 0 Å². The maximum absolute atomic E-state index is 12.8. The van der Waals surface area contributed by atoms with Gasteiger partial charge in [-0.15, -0.1) is 20.1 Å². The Morgan fingerprint density at radius 2 is 2.00 bits per heavy atom. The van der Waals surface area contributed by atoms with E-state index in [-0.39, 0.29) is 11.5 Å². The molecule has 0 amide bonds. The Kier molecular flexibility index (Phi) is 3.02. The molecular formula is C13H11F2NO2S. The van der Waals surface area contributed by atoms with Crippen LogP contribution in [0.3, 0.4) is 0 Å². The number of hydrogen-bond donors (Lipinski definition) is 1. The molecule has 0 unspecified atom stereocenters. The lowest BCUT2D eigenvalue weighted by molar-refractivity contribution is -0.286. The number of benzene rings is 1. The summed E-state index contributed by atoms with van der Waals surface area (Å²) in [5.41, 5.74) is 0.733. The number of ether oxygens (including phenoxy) is 2. The largest absolute Gasteiger partial charge is 0.586 e. The molecule has 3 rings (SSSR count). The fourth-order valence-corrected chi connectivity index (χ4v) is 2.55. The monoisotopic (exact) mass is 283 g/mol. The van der Waals surface area contributed by atoms with Gasteiger partial charge < -0.3 is 14.8 Å². The second-order valence-electron chi connectivity index (χ2n) is 4.09. The summed E-state index contributed by atoms with van der Waals surface area (Å²) < 4.78 is 34.4. The maximum Gasteiger partial charge on any atom is 0.586 e. The van der Waals surface area contributed by atoms with Crippen molar-refractivity contribution in [3.63, 3.8) is 0 Å². The van der Waals surface area contributed by atoms with E-state index in [1.807, 2.05) is 11.4 Å². The molecular weight excluding hydrogens is 272 g/mol. The van der Waals surface area contributed by atoms with Gasteiger partial charge in [0.2, 0.25) is 0 Å². The van der Waals surface area contributed by atoms with Crippen LogP contribution in [-0.2, 0) is 6.42 Å². The van der Waals surface area contributed by atoms with E-state index in [0.29, 0.717) is 0 Å². The smallest absolute Gasteiger partial charge is 0.395 e. The van der Waals surface area contributed by atoms with Gasteiger partial charge in [0.25, 0.3) is 0 Å². The van der Waals surface area contributed by atoms with Crippen molar-refractivity contribution in [2.24, 2.45) is 0 Å². The molecule has 0 atom stereocenters. The van der Waals surface area contributed by atoms with Crippen LogP contribution < -0.4 is 14.8 Å². The number of halogens is 2. The highest BCUT2D eigenvalue weighted by atomic mass is 32.1. The molecule has 6 heteroatoms. The molecule has 0 bridgehead atoms. The quantitative estimate of drug-likeness (QED) is 0.927. The molecule has 0 saturated heterocycles. The SMILES string of the molecule is FC1(F)Oc2ccc(NCCc3cccs3)cc2O1. The van der Waals surface area contributed by atoms with Gasteiger partial charge in [-0.3, -0.25) is 0 Å². The van der Waals surface area contributed by atoms with E-state index in [1.165, 1.54) is 17.0 Å². The van der Waals surface area contributed by atoms with Gasteiger partial charge in [0.15, 0.2) is 11.5 Å². The topological polar surface area (TPSA) is 30.5 Å². The zero-order chi connectivity index (χ0) is 13.3. The molecule has 0 spiro atoms. The number of anilines is 1. The van der Waals surface area contributed by atoms with Crippen molar-refractivity contribution in [2.45, 2.75) is 12.7 Å². The molecule has 100 valence electrons. The van der Waals surface area contributed by atoms with E-state index in [1.54, 1.807) is 17.4 Å². The summed E-state index contributed by atoms with van der Waals surface area (Å²) in [7, 11) is 0. The number of thiophene rings is 1. The van der Waals surface area contributed by atoms with E-state index < -0.39 is 6.29 Å². The van der Waals surface area contributed by atoms with Crippen molar-refractivity contribution in [2.75, 3.05) is 11.9 Å². The van der Waals surface area contributed by atoms with Crippen molar-refractivity contribution in [1.82, 2.24) is 0 Å². The number of fused-ring (bicyclic) bond motifs is 1. The summed E-state index contributed by atoms with van der Waals surface area (Å²) in [4.78, 5) is 1.28. The lowest BCUT2D eigenvalue weighted by Gasteiger charge is -2.06. The average Bonchev–Trinajstić information content (AvgIpc) is 2.94. The van der Waals surface area contributed by atoms with Crippen LogP contribution in [0, 0.1) is 0 Å². The lowest BCUT2D eigenvalue weighted by Crippen LogP contribution is -2.25. The van der Waals surface area contributed by atoms with Crippen LogP contribution in [0.2, 0.25) is 0 Å². The molecule has 0 aliphatic carbocycles. The third-order valence-corrected chi connectivity index (χ3v) is 3.62. The highest BCUT2D eigenvalue weighted by molar-refractivity contribution is 7.09. The minimum atomic E-state index is -3.56. The number of alkyl halides is 2. The van der Waals surface area contributed by atoms with Crippen molar-refractivity contribution in [3.8, 4) is 11.5 Å². The van der Waals surface area contributed by atoms with Crippen molar-refractivity contribution >= 4 is 17.0 Å². The average molecular weight is 283 g/mol. The first-order valence-electron chi connectivity index (χ1n) is 5.78. The van der Waals surface area contributed by atoms with E-state index in [4.69, 9.17) is 0 Å². The number of hydrogen-bond acceptors (Lipinski definition) is 4. The first-order valence-corrected chi connectivity index (χ1v) is 6.66.